The molecule has 2 heteroatoms. The highest BCUT2D eigenvalue weighted by Gasteiger charge is 2.08. The van der Waals surface area contributed by atoms with Crippen LogP contribution in [0.2, 0.25) is 0 Å². The van der Waals surface area contributed by atoms with Gasteiger partial charge in [0.15, 0.2) is 0 Å². The van der Waals surface area contributed by atoms with E-state index in [0.717, 1.165) is 36.0 Å². The van der Waals surface area contributed by atoms with E-state index in [2.05, 4.69) is 49.4 Å². The molecule has 0 saturated carbocycles. The number of hydrogen-bond acceptors (Lipinski definition) is 2. The molecule has 0 aliphatic rings. The van der Waals surface area contributed by atoms with Crippen molar-refractivity contribution in [2.45, 2.75) is 33.1 Å². The van der Waals surface area contributed by atoms with Crippen LogP contribution in [-0.4, -0.2) is 5.97 Å². The van der Waals surface area contributed by atoms with Crippen molar-refractivity contribution in [2.24, 2.45) is 0 Å². The Morgan fingerprint density at radius 2 is 1.47 bits per heavy atom. The third-order valence-corrected chi connectivity index (χ3v) is 4.88. The Labute approximate surface area is 179 Å². The van der Waals surface area contributed by atoms with Gasteiger partial charge in [0.2, 0.25) is 0 Å². The molecule has 0 aromatic heterocycles. The molecular formula is C28H28O2. The first-order valence-electron chi connectivity index (χ1n) is 10.5. The predicted octanol–water partition coefficient (Wildman–Crippen LogP) is 7.50. The van der Waals surface area contributed by atoms with E-state index in [9.17, 15) is 4.79 Å². The molecule has 0 amide bonds. The quantitative estimate of drug-likeness (QED) is 0.224. The van der Waals surface area contributed by atoms with Gasteiger partial charge in [0, 0.05) is 0 Å². The minimum absolute atomic E-state index is 0.348. The van der Waals surface area contributed by atoms with Gasteiger partial charge in [-0.3, -0.25) is 0 Å². The van der Waals surface area contributed by atoms with Crippen molar-refractivity contribution >= 4 is 12.0 Å². The van der Waals surface area contributed by atoms with Gasteiger partial charge in [-0.2, -0.15) is 0 Å². The number of rotatable bonds is 8. The molecule has 30 heavy (non-hydrogen) atoms. The Bertz CT molecular complexity index is 992. The molecule has 3 aromatic rings. The summed E-state index contributed by atoms with van der Waals surface area (Å²) >= 11 is 0. The van der Waals surface area contributed by atoms with E-state index >= 15 is 0 Å². The summed E-state index contributed by atoms with van der Waals surface area (Å²) in [5.41, 5.74) is 5.20. The maximum Gasteiger partial charge on any atom is 0.343 e. The number of allylic oxidation sites excluding steroid dienone is 3. The summed E-state index contributed by atoms with van der Waals surface area (Å²) in [4.78, 5) is 12.4. The van der Waals surface area contributed by atoms with Crippen LogP contribution < -0.4 is 4.74 Å². The second kappa shape index (κ2) is 11.0. The summed E-state index contributed by atoms with van der Waals surface area (Å²) in [6, 6.07) is 23.7. The van der Waals surface area contributed by atoms with Crippen LogP contribution in [0, 0.1) is 0 Å². The second-order valence-corrected chi connectivity index (χ2v) is 7.15. The fourth-order valence-corrected chi connectivity index (χ4v) is 3.15. The third-order valence-electron chi connectivity index (χ3n) is 4.88. The zero-order valence-corrected chi connectivity index (χ0v) is 17.7. The fourth-order valence-electron chi connectivity index (χ4n) is 3.15. The van der Waals surface area contributed by atoms with Gasteiger partial charge in [0.1, 0.15) is 5.75 Å². The van der Waals surface area contributed by atoms with E-state index in [1.54, 1.807) is 12.1 Å². The molecule has 0 heterocycles. The molecule has 0 aliphatic heterocycles. The summed E-state index contributed by atoms with van der Waals surface area (Å²) in [7, 11) is 0. The van der Waals surface area contributed by atoms with Gasteiger partial charge >= 0.3 is 5.97 Å². The number of hydrogen-bond donors (Lipinski definition) is 0. The zero-order valence-electron chi connectivity index (χ0n) is 17.7. The van der Waals surface area contributed by atoms with Gasteiger partial charge < -0.3 is 4.74 Å². The van der Waals surface area contributed by atoms with Crippen LogP contribution in [0.1, 0.15) is 48.2 Å². The molecule has 152 valence electrons. The number of ether oxygens (including phenoxy) is 1. The molecule has 0 radical (unpaired) electrons. The summed E-state index contributed by atoms with van der Waals surface area (Å²) in [5, 5.41) is 0. The molecule has 0 aliphatic carbocycles. The first-order chi connectivity index (χ1) is 14.7. The van der Waals surface area contributed by atoms with Crippen LogP contribution in [-0.2, 0) is 6.42 Å². The molecule has 0 atom stereocenters. The Morgan fingerprint density at radius 1 is 0.833 bits per heavy atom. The molecule has 3 rings (SSSR count). The third kappa shape index (κ3) is 6.05. The average Bonchev–Trinajstić information content (AvgIpc) is 2.79. The average molecular weight is 397 g/mol. The lowest BCUT2D eigenvalue weighted by molar-refractivity contribution is 0.0735. The van der Waals surface area contributed by atoms with Crippen LogP contribution in [0.4, 0.5) is 0 Å². The summed E-state index contributed by atoms with van der Waals surface area (Å²) in [5.74, 6) is 0.195. The molecule has 2 nitrogen and oxygen atoms in total. The van der Waals surface area contributed by atoms with Crippen molar-refractivity contribution in [1.29, 1.82) is 0 Å². The van der Waals surface area contributed by atoms with E-state index in [4.69, 9.17) is 4.74 Å². The second-order valence-electron chi connectivity index (χ2n) is 7.15. The number of aryl methyl sites for hydroxylation is 1. The Morgan fingerprint density at radius 3 is 2.07 bits per heavy atom. The molecule has 0 unspecified atom stereocenters. The topological polar surface area (TPSA) is 26.3 Å². The zero-order chi connectivity index (χ0) is 21.2. The van der Waals surface area contributed by atoms with E-state index in [-0.39, 0.29) is 5.97 Å². The normalized spacial score (nSPS) is 11.3. The largest absolute Gasteiger partial charge is 0.423 e. The maximum atomic E-state index is 12.4. The van der Waals surface area contributed by atoms with Crippen LogP contribution >= 0.6 is 0 Å². The van der Waals surface area contributed by atoms with Crippen molar-refractivity contribution in [1.82, 2.24) is 0 Å². The van der Waals surface area contributed by atoms with Crippen LogP contribution in [0.25, 0.3) is 17.2 Å². The van der Waals surface area contributed by atoms with E-state index < -0.39 is 0 Å². The smallest absolute Gasteiger partial charge is 0.343 e. The van der Waals surface area contributed by atoms with Crippen molar-refractivity contribution in [3.8, 4) is 16.9 Å². The highest BCUT2D eigenvalue weighted by atomic mass is 16.5. The minimum atomic E-state index is -0.348. The SMILES string of the molecule is C/C=C/CCc1ccc(-c2ccc(OC(=O)c3ccc(/C=C/CC)cc3)cc2)cc1. The van der Waals surface area contributed by atoms with Gasteiger partial charge in [-0.1, -0.05) is 79.8 Å². The Hall–Kier alpha value is -3.39. The van der Waals surface area contributed by atoms with Crippen LogP contribution in [0.3, 0.4) is 0 Å². The fraction of sp³-hybridized carbons (Fsp3) is 0.179. The number of esters is 1. The maximum absolute atomic E-state index is 12.4. The van der Waals surface area contributed by atoms with E-state index in [0.29, 0.717) is 11.3 Å². The summed E-state index contributed by atoms with van der Waals surface area (Å²) in [6.07, 6.45) is 11.5. The lowest BCUT2D eigenvalue weighted by atomic mass is 10.0. The molecule has 0 saturated heterocycles. The summed E-state index contributed by atoms with van der Waals surface area (Å²) in [6.45, 7) is 4.14. The monoisotopic (exact) mass is 396 g/mol. The first kappa shape index (κ1) is 21.3. The van der Waals surface area contributed by atoms with Crippen molar-refractivity contribution < 1.29 is 9.53 Å². The van der Waals surface area contributed by atoms with Gasteiger partial charge in [0.05, 0.1) is 5.56 Å². The van der Waals surface area contributed by atoms with Gasteiger partial charge in [0.25, 0.3) is 0 Å². The molecule has 3 aromatic carbocycles. The van der Waals surface area contributed by atoms with E-state index in [1.165, 1.54) is 5.56 Å². The predicted molar refractivity (Wildman–Crippen MR) is 126 cm³/mol. The molecule has 0 bridgehead atoms. The van der Waals surface area contributed by atoms with Gasteiger partial charge in [-0.15, -0.1) is 0 Å². The minimum Gasteiger partial charge on any atom is -0.423 e. The Kier molecular flexibility index (Phi) is 7.79. The summed E-state index contributed by atoms with van der Waals surface area (Å²) < 4.78 is 5.52. The van der Waals surface area contributed by atoms with Crippen LogP contribution in [0.5, 0.6) is 5.75 Å². The Balaban J connectivity index is 1.61. The van der Waals surface area contributed by atoms with Crippen molar-refractivity contribution in [3.63, 3.8) is 0 Å². The number of carbonyl (C=O) groups excluding carboxylic acids is 1. The number of carbonyl (C=O) groups is 1. The molecule has 0 N–H and O–H groups in total. The van der Waals surface area contributed by atoms with Gasteiger partial charge in [-0.25, -0.2) is 4.79 Å². The lowest BCUT2D eigenvalue weighted by Gasteiger charge is -2.07. The molecular weight excluding hydrogens is 368 g/mol. The van der Waals surface area contributed by atoms with Crippen molar-refractivity contribution in [3.05, 3.63) is 108 Å². The highest BCUT2D eigenvalue weighted by Crippen LogP contribution is 2.24. The number of benzene rings is 3. The van der Waals surface area contributed by atoms with Crippen LogP contribution in [0.15, 0.2) is 91.0 Å². The highest BCUT2D eigenvalue weighted by molar-refractivity contribution is 5.91. The van der Waals surface area contributed by atoms with Crippen molar-refractivity contribution in [2.75, 3.05) is 0 Å². The molecule has 0 spiro atoms. The standard InChI is InChI=1S/C28H28O2/c1-3-5-7-9-23-10-14-24(15-11-23)25-18-20-27(21-19-25)30-28(29)26-16-12-22(13-17-26)8-6-4-2/h3,5-6,8,10-21H,4,7,9H2,1-2H3/b5-3+,8-6+. The first-order valence-corrected chi connectivity index (χ1v) is 10.5. The molecule has 0 fully saturated rings. The lowest BCUT2D eigenvalue weighted by Crippen LogP contribution is -2.08. The van der Waals surface area contributed by atoms with E-state index in [1.807, 2.05) is 49.4 Å². The van der Waals surface area contributed by atoms with Gasteiger partial charge in [-0.05, 0) is 72.7 Å².